The summed E-state index contributed by atoms with van der Waals surface area (Å²) in [5.41, 5.74) is 0.577. The Kier molecular flexibility index (Phi) is 5.73. The molecule has 24 heavy (non-hydrogen) atoms. The quantitative estimate of drug-likeness (QED) is 0.851. The molecule has 2 aliphatic rings. The largest absolute Gasteiger partial charge is 0.487 e. The van der Waals surface area contributed by atoms with Crippen LogP contribution in [0.4, 0.5) is 0 Å². The lowest BCUT2D eigenvalue weighted by atomic mass is 9.90. The molecule has 6 nitrogen and oxygen atoms in total. The van der Waals surface area contributed by atoms with Gasteiger partial charge in [0.2, 0.25) is 5.91 Å². The van der Waals surface area contributed by atoms with E-state index in [1.807, 2.05) is 5.38 Å². The third-order valence-electron chi connectivity index (χ3n) is 4.64. The molecular formula is C17H24N2O4S. The second kappa shape index (κ2) is 7.98. The first-order chi connectivity index (χ1) is 11.7. The lowest BCUT2D eigenvalue weighted by Gasteiger charge is -2.31. The second-order valence-electron chi connectivity index (χ2n) is 6.37. The molecule has 2 N–H and O–H groups in total. The Morgan fingerprint density at radius 1 is 1.21 bits per heavy atom. The molecule has 1 aliphatic heterocycles. The van der Waals surface area contributed by atoms with Crippen LogP contribution < -0.4 is 15.4 Å². The van der Waals surface area contributed by atoms with E-state index in [1.165, 1.54) is 11.3 Å². The third-order valence-corrected chi connectivity index (χ3v) is 5.51. The van der Waals surface area contributed by atoms with Crippen molar-refractivity contribution in [3.8, 4) is 5.06 Å². The van der Waals surface area contributed by atoms with Crippen LogP contribution in [0.25, 0.3) is 0 Å². The van der Waals surface area contributed by atoms with E-state index in [0.29, 0.717) is 17.2 Å². The van der Waals surface area contributed by atoms with Crippen LogP contribution in [0, 0.1) is 0 Å². The topological polar surface area (TPSA) is 76.7 Å². The molecule has 132 valence electrons. The van der Waals surface area contributed by atoms with Gasteiger partial charge in [0.15, 0.2) is 5.06 Å². The van der Waals surface area contributed by atoms with Crippen molar-refractivity contribution in [1.82, 2.24) is 10.6 Å². The molecule has 7 heteroatoms. The maximum absolute atomic E-state index is 12.4. The Morgan fingerprint density at radius 2 is 2.00 bits per heavy atom. The number of nitrogens with one attached hydrogen (secondary N) is 2. The van der Waals surface area contributed by atoms with E-state index in [4.69, 9.17) is 9.47 Å². The van der Waals surface area contributed by atoms with Gasteiger partial charge >= 0.3 is 0 Å². The van der Waals surface area contributed by atoms with E-state index >= 15 is 0 Å². The number of hydrogen-bond acceptors (Lipinski definition) is 5. The predicted octanol–water partition coefficient (Wildman–Crippen LogP) is 2.09. The normalized spacial score (nSPS) is 26.8. The molecule has 1 aliphatic carbocycles. The number of amides is 2. The Balaban J connectivity index is 1.51. The molecular weight excluding hydrogens is 328 g/mol. The first kappa shape index (κ1) is 17.2. The molecule has 2 heterocycles. The molecule has 1 saturated carbocycles. The highest BCUT2D eigenvalue weighted by Crippen LogP contribution is 2.26. The van der Waals surface area contributed by atoms with Crippen LogP contribution in [0.5, 0.6) is 5.06 Å². The van der Waals surface area contributed by atoms with Gasteiger partial charge in [-0.3, -0.25) is 9.59 Å². The molecule has 2 fully saturated rings. The van der Waals surface area contributed by atoms with Gasteiger partial charge in [-0.25, -0.2) is 0 Å². The number of carbonyl (C=O) groups is 2. The van der Waals surface area contributed by atoms with E-state index in [1.54, 1.807) is 13.2 Å². The average molecular weight is 352 g/mol. The molecule has 3 rings (SSSR count). The summed E-state index contributed by atoms with van der Waals surface area (Å²) < 4.78 is 10.6. The Hall–Kier alpha value is -1.60. The molecule has 1 aromatic rings. The van der Waals surface area contributed by atoms with Crippen LogP contribution in [0.15, 0.2) is 11.4 Å². The fraction of sp³-hybridized carbons (Fsp3) is 0.647. The smallest absolute Gasteiger partial charge is 0.256 e. The van der Waals surface area contributed by atoms with E-state index in [-0.39, 0.29) is 30.0 Å². The lowest BCUT2D eigenvalue weighted by Crippen LogP contribution is -2.48. The minimum Gasteiger partial charge on any atom is -0.487 e. The van der Waals surface area contributed by atoms with Gasteiger partial charge in [-0.1, -0.05) is 0 Å². The number of rotatable bonds is 5. The maximum Gasteiger partial charge on any atom is 0.256 e. The van der Waals surface area contributed by atoms with Crippen molar-refractivity contribution in [1.29, 1.82) is 0 Å². The molecule has 0 radical (unpaired) electrons. The van der Waals surface area contributed by atoms with Crippen molar-refractivity contribution in [3.05, 3.63) is 17.0 Å². The van der Waals surface area contributed by atoms with E-state index in [0.717, 1.165) is 38.5 Å². The summed E-state index contributed by atoms with van der Waals surface area (Å²) in [5, 5.41) is 8.63. The SMILES string of the molecule is COc1sccc1C(=O)NC1CCCC(NC(=O)[C@H]2CCCO2)C1. The van der Waals surface area contributed by atoms with Crippen LogP contribution in [0.1, 0.15) is 48.9 Å². The Labute approximate surface area is 145 Å². The standard InChI is InChI=1S/C17H24N2O4S/c1-22-17-13(7-9-24-17)15(20)18-11-4-2-5-12(10-11)19-16(21)14-6-3-8-23-14/h7,9,11-12,14H,2-6,8,10H2,1H3,(H,18,20)(H,19,21)/t11?,12?,14-/m1/s1. The van der Waals surface area contributed by atoms with Gasteiger partial charge in [0.1, 0.15) is 6.10 Å². The molecule has 3 atom stereocenters. The molecule has 2 unspecified atom stereocenters. The van der Waals surface area contributed by atoms with Gasteiger partial charge in [-0.2, -0.15) is 0 Å². The summed E-state index contributed by atoms with van der Waals surface area (Å²) in [6, 6.07) is 1.95. The molecule has 0 bridgehead atoms. The zero-order valence-electron chi connectivity index (χ0n) is 13.9. The first-order valence-electron chi connectivity index (χ1n) is 8.51. The van der Waals surface area contributed by atoms with Crippen molar-refractivity contribution in [2.75, 3.05) is 13.7 Å². The fourth-order valence-electron chi connectivity index (χ4n) is 3.42. The first-order valence-corrected chi connectivity index (χ1v) is 9.39. The Bertz CT molecular complexity index is 583. The maximum atomic E-state index is 12.4. The lowest BCUT2D eigenvalue weighted by molar-refractivity contribution is -0.131. The van der Waals surface area contributed by atoms with Gasteiger partial charge in [0, 0.05) is 18.7 Å². The number of hydrogen-bond donors (Lipinski definition) is 2. The van der Waals surface area contributed by atoms with Gasteiger partial charge in [-0.15, -0.1) is 11.3 Å². The highest BCUT2D eigenvalue weighted by molar-refractivity contribution is 7.12. The summed E-state index contributed by atoms with van der Waals surface area (Å²) in [7, 11) is 1.57. The average Bonchev–Trinajstić information content (AvgIpc) is 3.26. The summed E-state index contributed by atoms with van der Waals surface area (Å²) >= 11 is 1.41. The minimum atomic E-state index is -0.296. The number of carbonyl (C=O) groups excluding carboxylic acids is 2. The van der Waals surface area contributed by atoms with Crippen molar-refractivity contribution in [3.63, 3.8) is 0 Å². The Morgan fingerprint density at radius 3 is 2.71 bits per heavy atom. The van der Waals surface area contributed by atoms with Gasteiger partial charge in [0.05, 0.1) is 12.7 Å². The van der Waals surface area contributed by atoms with Gasteiger partial charge in [0.25, 0.3) is 5.91 Å². The highest BCUT2D eigenvalue weighted by Gasteiger charge is 2.29. The van der Waals surface area contributed by atoms with Crippen LogP contribution in [-0.4, -0.2) is 43.7 Å². The fourth-order valence-corrected chi connectivity index (χ4v) is 4.13. The van der Waals surface area contributed by atoms with E-state index < -0.39 is 0 Å². The number of thiophene rings is 1. The van der Waals surface area contributed by atoms with Crippen molar-refractivity contribution in [2.24, 2.45) is 0 Å². The van der Waals surface area contributed by atoms with Gasteiger partial charge in [-0.05, 0) is 50.0 Å². The molecule has 0 aromatic carbocycles. The van der Waals surface area contributed by atoms with Crippen LogP contribution >= 0.6 is 11.3 Å². The third kappa shape index (κ3) is 4.08. The molecule has 1 saturated heterocycles. The summed E-state index contributed by atoms with van der Waals surface area (Å²) in [6.45, 7) is 0.671. The minimum absolute atomic E-state index is 0.0102. The van der Waals surface area contributed by atoms with Crippen LogP contribution in [0.2, 0.25) is 0 Å². The van der Waals surface area contributed by atoms with Crippen LogP contribution in [-0.2, 0) is 9.53 Å². The number of methoxy groups -OCH3 is 1. The summed E-state index contributed by atoms with van der Waals surface area (Å²) in [5.74, 6) is -0.117. The highest BCUT2D eigenvalue weighted by atomic mass is 32.1. The molecule has 2 amide bonds. The summed E-state index contributed by atoms with van der Waals surface area (Å²) in [4.78, 5) is 24.6. The zero-order valence-corrected chi connectivity index (χ0v) is 14.7. The summed E-state index contributed by atoms with van der Waals surface area (Å²) in [6.07, 6.45) is 5.09. The predicted molar refractivity (Wildman–Crippen MR) is 91.5 cm³/mol. The monoisotopic (exact) mass is 352 g/mol. The van der Waals surface area contributed by atoms with Crippen molar-refractivity contribution >= 4 is 23.2 Å². The number of ether oxygens (including phenoxy) is 2. The zero-order chi connectivity index (χ0) is 16.9. The van der Waals surface area contributed by atoms with Crippen molar-refractivity contribution in [2.45, 2.75) is 56.7 Å². The molecule has 0 spiro atoms. The molecule has 1 aromatic heterocycles. The van der Waals surface area contributed by atoms with E-state index in [2.05, 4.69) is 10.6 Å². The second-order valence-corrected chi connectivity index (χ2v) is 7.25. The van der Waals surface area contributed by atoms with Crippen LogP contribution in [0.3, 0.4) is 0 Å². The van der Waals surface area contributed by atoms with Crippen molar-refractivity contribution < 1.29 is 19.1 Å². The van der Waals surface area contributed by atoms with E-state index in [9.17, 15) is 9.59 Å². The van der Waals surface area contributed by atoms with Gasteiger partial charge < -0.3 is 20.1 Å².